The van der Waals surface area contributed by atoms with Crippen molar-refractivity contribution in [1.82, 2.24) is 5.32 Å². The molecule has 5 heteroatoms. The van der Waals surface area contributed by atoms with E-state index in [9.17, 15) is 4.79 Å². The van der Waals surface area contributed by atoms with Gasteiger partial charge in [0.1, 0.15) is 0 Å². The van der Waals surface area contributed by atoms with Gasteiger partial charge in [0.15, 0.2) is 0 Å². The molecule has 1 aromatic heterocycles. The fourth-order valence-corrected chi connectivity index (χ4v) is 4.05. The lowest BCUT2D eigenvalue weighted by Gasteiger charge is -2.28. The molecule has 0 atom stereocenters. The van der Waals surface area contributed by atoms with Gasteiger partial charge in [0.05, 0.1) is 0 Å². The Balaban J connectivity index is 1.60. The third kappa shape index (κ3) is 3.45. The first-order valence-electron chi connectivity index (χ1n) is 7.51. The van der Waals surface area contributed by atoms with Crippen LogP contribution >= 0.6 is 22.9 Å². The average Bonchev–Trinajstić information content (AvgIpc) is 3.19. The minimum Gasteiger partial charge on any atom is -0.337 e. The summed E-state index contributed by atoms with van der Waals surface area (Å²) in [5, 5.41) is 10.9. The second-order valence-electron chi connectivity index (χ2n) is 5.81. The number of hydrogen-bond acceptors (Lipinski definition) is 2. The van der Waals surface area contributed by atoms with Crippen molar-refractivity contribution in [2.45, 2.75) is 31.1 Å². The van der Waals surface area contributed by atoms with Crippen LogP contribution in [0.4, 0.5) is 10.5 Å². The SMILES string of the molecule is O=C(NCC1(c2ccsc2)CCCC1)Nc1ccc(Cl)cc1. The third-order valence-electron chi connectivity index (χ3n) is 4.38. The van der Waals surface area contributed by atoms with E-state index in [2.05, 4.69) is 27.5 Å². The van der Waals surface area contributed by atoms with Gasteiger partial charge in [-0.15, -0.1) is 0 Å². The molecule has 2 aromatic rings. The molecule has 2 N–H and O–H groups in total. The van der Waals surface area contributed by atoms with E-state index in [-0.39, 0.29) is 11.4 Å². The lowest BCUT2D eigenvalue weighted by molar-refractivity contribution is 0.248. The van der Waals surface area contributed by atoms with Crippen molar-refractivity contribution in [1.29, 1.82) is 0 Å². The maximum absolute atomic E-state index is 12.1. The molecular formula is C17H19ClN2OS. The van der Waals surface area contributed by atoms with Gasteiger partial charge < -0.3 is 10.6 Å². The molecule has 0 spiro atoms. The number of halogens is 1. The van der Waals surface area contributed by atoms with E-state index in [0.29, 0.717) is 11.6 Å². The molecule has 3 rings (SSSR count). The van der Waals surface area contributed by atoms with Gasteiger partial charge in [0.25, 0.3) is 0 Å². The normalized spacial score (nSPS) is 16.4. The van der Waals surface area contributed by atoms with E-state index in [1.807, 2.05) is 0 Å². The Kier molecular flexibility index (Phi) is 4.69. The van der Waals surface area contributed by atoms with Crippen LogP contribution in [0.5, 0.6) is 0 Å². The molecule has 116 valence electrons. The van der Waals surface area contributed by atoms with Crippen LogP contribution in [0.15, 0.2) is 41.1 Å². The minimum absolute atomic E-state index is 0.108. The molecule has 22 heavy (non-hydrogen) atoms. The van der Waals surface area contributed by atoms with Gasteiger partial charge in [-0.05, 0) is 59.5 Å². The van der Waals surface area contributed by atoms with E-state index in [4.69, 9.17) is 11.6 Å². The number of benzene rings is 1. The highest BCUT2D eigenvalue weighted by Gasteiger charge is 2.36. The topological polar surface area (TPSA) is 41.1 Å². The Morgan fingerprint density at radius 2 is 1.91 bits per heavy atom. The third-order valence-corrected chi connectivity index (χ3v) is 5.32. The Bertz CT molecular complexity index is 619. The van der Waals surface area contributed by atoms with Crippen LogP contribution in [0, 0.1) is 0 Å². The van der Waals surface area contributed by atoms with Crippen molar-refractivity contribution in [2.24, 2.45) is 0 Å². The van der Waals surface area contributed by atoms with E-state index in [0.717, 1.165) is 18.5 Å². The van der Waals surface area contributed by atoms with E-state index >= 15 is 0 Å². The number of carbonyl (C=O) groups is 1. The number of anilines is 1. The van der Waals surface area contributed by atoms with Gasteiger partial charge in [-0.1, -0.05) is 24.4 Å². The molecule has 1 saturated carbocycles. The first-order chi connectivity index (χ1) is 10.7. The number of rotatable bonds is 4. The maximum Gasteiger partial charge on any atom is 0.319 e. The number of urea groups is 1. The summed E-state index contributed by atoms with van der Waals surface area (Å²) in [6, 6.07) is 9.15. The number of thiophene rings is 1. The molecule has 1 aliphatic carbocycles. The lowest BCUT2D eigenvalue weighted by Crippen LogP contribution is -2.40. The maximum atomic E-state index is 12.1. The van der Waals surface area contributed by atoms with Crippen LogP contribution in [0.2, 0.25) is 5.02 Å². The Hall–Kier alpha value is -1.52. The highest BCUT2D eigenvalue weighted by molar-refractivity contribution is 7.08. The van der Waals surface area contributed by atoms with Crippen LogP contribution in [0.25, 0.3) is 0 Å². The lowest BCUT2D eigenvalue weighted by atomic mass is 9.80. The zero-order chi connectivity index (χ0) is 15.4. The van der Waals surface area contributed by atoms with Crippen LogP contribution < -0.4 is 10.6 Å². The monoisotopic (exact) mass is 334 g/mol. The van der Waals surface area contributed by atoms with Crippen LogP contribution in [-0.2, 0) is 5.41 Å². The molecule has 1 fully saturated rings. The van der Waals surface area contributed by atoms with Crippen molar-refractivity contribution in [3.05, 3.63) is 51.7 Å². The van der Waals surface area contributed by atoms with Crippen molar-refractivity contribution in [3.8, 4) is 0 Å². The minimum atomic E-state index is -0.163. The molecular weight excluding hydrogens is 316 g/mol. The number of hydrogen-bond donors (Lipinski definition) is 2. The summed E-state index contributed by atoms with van der Waals surface area (Å²) in [6.45, 7) is 0.684. The first-order valence-corrected chi connectivity index (χ1v) is 8.83. The molecule has 0 unspecified atom stereocenters. The predicted octanol–water partition coefficient (Wildman–Crippen LogP) is 5.04. The Morgan fingerprint density at radius 3 is 2.55 bits per heavy atom. The fourth-order valence-electron chi connectivity index (χ4n) is 3.14. The molecule has 1 aliphatic rings. The molecule has 0 aliphatic heterocycles. The van der Waals surface area contributed by atoms with Gasteiger partial charge >= 0.3 is 6.03 Å². The summed E-state index contributed by atoms with van der Waals surface area (Å²) >= 11 is 7.57. The zero-order valence-electron chi connectivity index (χ0n) is 12.3. The van der Waals surface area contributed by atoms with Crippen LogP contribution in [0.3, 0.4) is 0 Å². The summed E-state index contributed by atoms with van der Waals surface area (Å²) < 4.78 is 0. The smallest absolute Gasteiger partial charge is 0.319 e. The van der Waals surface area contributed by atoms with Gasteiger partial charge in [0, 0.05) is 22.7 Å². The Labute approximate surface area is 139 Å². The second-order valence-corrected chi connectivity index (χ2v) is 7.03. The molecule has 0 saturated heterocycles. The summed E-state index contributed by atoms with van der Waals surface area (Å²) in [4.78, 5) is 12.1. The van der Waals surface area contributed by atoms with E-state index in [1.165, 1.54) is 18.4 Å². The number of amides is 2. The van der Waals surface area contributed by atoms with Crippen molar-refractivity contribution >= 4 is 34.7 Å². The van der Waals surface area contributed by atoms with Gasteiger partial charge in [-0.2, -0.15) is 11.3 Å². The molecule has 1 aromatic carbocycles. The van der Waals surface area contributed by atoms with Crippen LogP contribution in [-0.4, -0.2) is 12.6 Å². The molecule has 0 bridgehead atoms. The summed E-state index contributed by atoms with van der Waals surface area (Å²) in [6.07, 6.45) is 4.75. The molecule has 2 amide bonds. The second kappa shape index (κ2) is 6.71. The summed E-state index contributed by atoms with van der Waals surface area (Å²) in [7, 11) is 0. The highest BCUT2D eigenvalue weighted by Crippen LogP contribution is 2.41. The Morgan fingerprint density at radius 1 is 1.18 bits per heavy atom. The molecule has 3 nitrogen and oxygen atoms in total. The number of nitrogens with one attached hydrogen (secondary N) is 2. The van der Waals surface area contributed by atoms with Crippen molar-refractivity contribution in [3.63, 3.8) is 0 Å². The van der Waals surface area contributed by atoms with Gasteiger partial charge in [-0.3, -0.25) is 0 Å². The fraction of sp³-hybridized carbons (Fsp3) is 0.353. The molecule has 1 heterocycles. The molecule has 0 radical (unpaired) electrons. The predicted molar refractivity (Wildman–Crippen MR) is 92.9 cm³/mol. The standard InChI is InChI=1S/C17H19ClN2OS/c18-14-3-5-15(6-4-14)20-16(21)19-12-17(8-1-2-9-17)13-7-10-22-11-13/h3-7,10-11H,1-2,8-9,12H2,(H2,19,20,21). The van der Waals surface area contributed by atoms with E-state index in [1.54, 1.807) is 35.6 Å². The van der Waals surface area contributed by atoms with Crippen molar-refractivity contribution in [2.75, 3.05) is 11.9 Å². The summed E-state index contributed by atoms with van der Waals surface area (Å²) in [5.74, 6) is 0. The zero-order valence-corrected chi connectivity index (χ0v) is 13.8. The summed E-state index contributed by atoms with van der Waals surface area (Å²) in [5.41, 5.74) is 2.22. The van der Waals surface area contributed by atoms with Crippen LogP contribution in [0.1, 0.15) is 31.2 Å². The largest absolute Gasteiger partial charge is 0.337 e. The van der Waals surface area contributed by atoms with E-state index < -0.39 is 0 Å². The number of carbonyl (C=O) groups excluding carboxylic acids is 1. The van der Waals surface area contributed by atoms with Crippen molar-refractivity contribution < 1.29 is 4.79 Å². The van der Waals surface area contributed by atoms with Gasteiger partial charge in [-0.25, -0.2) is 4.79 Å². The average molecular weight is 335 g/mol. The van der Waals surface area contributed by atoms with Gasteiger partial charge in [0.2, 0.25) is 0 Å². The highest BCUT2D eigenvalue weighted by atomic mass is 35.5. The quantitative estimate of drug-likeness (QED) is 0.808. The first kappa shape index (κ1) is 15.4.